The van der Waals surface area contributed by atoms with E-state index in [1.165, 1.54) is 5.56 Å². The van der Waals surface area contributed by atoms with Crippen LogP contribution in [0, 0.1) is 6.92 Å². The minimum Gasteiger partial charge on any atom is -0.497 e. The summed E-state index contributed by atoms with van der Waals surface area (Å²) in [5, 5.41) is 7.19. The Morgan fingerprint density at radius 2 is 2.09 bits per heavy atom. The molecule has 1 saturated heterocycles. The Hall–Kier alpha value is -2.50. The molecule has 1 aliphatic heterocycles. The molecule has 1 atom stereocenters. The van der Waals surface area contributed by atoms with E-state index in [0.29, 0.717) is 5.92 Å². The van der Waals surface area contributed by atoms with Crippen LogP contribution < -0.4 is 10.1 Å². The van der Waals surface area contributed by atoms with Crippen molar-refractivity contribution >= 4 is 11.7 Å². The third-order valence-corrected chi connectivity index (χ3v) is 4.32. The normalized spacial score (nSPS) is 17.3. The van der Waals surface area contributed by atoms with Crippen molar-refractivity contribution in [2.45, 2.75) is 19.3 Å². The van der Waals surface area contributed by atoms with Gasteiger partial charge in [-0.05, 0) is 31.0 Å². The molecule has 1 aliphatic rings. The summed E-state index contributed by atoms with van der Waals surface area (Å²) in [7, 11) is 3.51. The van der Waals surface area contributed by atoms with Gasteiger partial charge in [-0.25, -0.2) is 4.79 Å². The first-order valence-electron chi connectivity index (χ1n) is 7.77. The highest BCUT2D eigenvalue weighted by Crippen LogP contribution is 2.29. The highest BCUT2D eigenvalue weighted by atomic mass is 16.5. The Kier molecular flexibility index (Phi) is 4.23. The first-order valence-corrected chi connectivity index (χ1v) is 7.77. The van der Waals surface area contributed by atoms with Gasteiger partial charge in [-0.2, -0.15) is 5.10 Å². The summed E-state index contributed by atoms with van der Waals surface area (Å²) < 4.78 is 6.89. The number of hydrogen-bond donors (Lipinski definition) is 1. The highest BCUT2D eigenvalue weighted by molar-refractivity contribution is 5.90. The Balaban J connectivity index is 1.62. The molecule has 1 aromatic heterocycles. The number of aryl methyl sites for hydroxylation is 2. The van der Waals surface area contributed by atoms with Crippen molar-refractivity contribution in [2.75, 3.05) is 25.5 Å². The van der Waals surface area contributed by atoms with Crippen LogP contribution in [0.1, 0.15) is 23.6 Å². The highest BCUT2D eigenvalue weighted by Gasteiger charge is 2.27. The number of ether oxygens (including phenoxy) is 1. The number of methoxy groups -OCH3 is 1. The number of nitrogens with one attached hydrogen (secondary N) is 1. The van der Waals surface area contributed by atoms with Crippen LogP contribution in [0.5, 0.6) is 5.75 Å². The Bertz CT molecular complexity index is 693. The molecular weight excluding hydrogens is 292 g/mol. The number of anilines is 1. The van der Waals surface area contributed by atoms with E-state index in [1.807, 2.05) is 37.2 Å². The van der Waals surface area contributed by atoms with E-state index in [2.05, 4.69) is 22.5 Å². The predicted octanol–water partition coefficient (Wildman–Crippen LogP) is 2.76. The zero-order valence-electron chi connectivity index (χ0n) is 13.7. The number of rotatable bonds is 3. The molecule has 122 valence electrons. The fourth-order valence-electron chi connectivity index (χ4n) is 3.01. The van der Waals surface area contributed by atoms with Gasteiger partial charge in [-0.1, -0.05) is 12.1 Å². The lowest BCUT2D eigenvalue weighted by Gasteiger charge is -2.17. The number of aromatic nitrogens is 2. The van der Waals surface area contributed by atoms with Gasteiger partial charge < -0.3 is 15.0 Å². The van der Waals surface area contributed by atoms with Crippen molar-refractivity contribution in [3.8, 4) is 5.75 Å². The lowest BCUT2D eigenvalue weighted by atomic mass is 9.98. The fraction of sp³-hybridized carbons (Fsp3) is 0.412. The molecule has 23 heavy (non-hydrogen) atoms. The van der Waals surface area contributed by atoms with Gasteiger partial charge in [0.2, 0.25) is 0 Å². The van der Waals surface area contributed by atoms with Crippen LogP contribution >= 0.6 is 0 Å². The number of likely N-dealkylation sites (tertiary alicyclic amines) is 1. The molecule has 1 aromatic carbocycles. The molecule has 0 radical (unpaired) electrons. The summed E-state index contributed by atoms with van der Waals surface area (Å²) in [5.41, 5.74) is 2.84. The van der Waals surface area contributed by atoms with Gasteiger partial charge in [-0.15, -0.1) is 0 Å². The standard InChI is InChI=1S/C17H22N4O2/c1-12-16(11-20(2)19-12)18-17(22)21-9-8-14(10-21)13-4-6-15(23-3)7-5-13/h4-7,11,14H,8-10H2,1-3H3,(H,18,22)/t14-/m1/s1. The summed E-state index contributed by atoms with van der Waals surface area (Å²) in [6.45, 7) is 3.39. The van der Waals surface area contributed by atoms with Crippen LogP contribution in [0.2, 0.25) is 0 Å². The number of benzene rings is 1. The molecular formula is C17H22N4O2. The summed E-state index contributed by atoms with van der Waals surface area (Å²) in [5.74, 6) is 1.23. The van der Waals surface area contributed by atoms with Crippen molar-refractivity contribution in [2.24, 2.45) is 7.05 Å². The second kappa shape index (κ2) is 6.32. The maximum atomic E-state index is 12.4. The fourth-order valence-corrected chi connectivity index (χ4v) is 3.01. The first-order chi connectivity index (χ1) is 11.1. The molecule has 1 fully saturated rings. The third kappa shape index (κ3) is 3.31. The van der Waals surface area contributed by atoms with Crippen LogP contribution in [-0.4, -0.2) is 40.9 Å². The van der Waals surface area contributed by atoms with Crippen molar-refractivity contribution in [3.63, 3.8) is 0 Å². The second-order valence-electron chi connectivity index (χ2n) is 5.94. The van der Waals surface area contributed by atoms with E-state index in [4.69, 9.17) is 4.74 Å². The number of carbonyl (C=O) groups is 1. The van der Waals surface area contributed by atoms with Crippen LogP contribution in [-0.2, 0) is 7.05 Å². The van der Waals surface area contributed by atoms with Crippen LogP contribution in [0.4, 0.5) is 10.5 Å². The summed E-state index contributed by atoms with van der Waals surface area (Å²) in [6.07, 6.45) is 2.80. The molecule has 0 bridgehead atoms. The summed E-state index contributed by atoms with van der Waals surface area (Å²) >= 11 is 0. The molecule has 0 unspecified atom stereocenters. The van der Waals surface area contributed by atoms with Crippen molar-refractivity contribution in [1.29, 1.82) is 0 Å². The molecule has 2 amide bonds. The number of urea groups is 1. The van der Waals surface area contributed by atoms with Gasteiger partial charge in [0.05, 0.1) is 18.5 Å². The van der Waals surface area contributed by atoms with Crippen LogP contribution in [0.15, 0.2) is 30.5 Å². The number of hydrogen-bond acceptors (Lipinski definition) is 3. The number of amides is 2. The number of nitrogens with zero attached hydrogens (tertiary/aromatic N) is 3. The zero-order chi connectivity index (χ0) is 16.4. The SMILES string of the molecule is COc1ccc([C@@H]2CCN(C(=O)Nc3cn(C)nc3C)C2)cc1. The molecule has 6 heteroatoms. The largest absolute Gasteiger partial charge is 0.497 e. The van der Waals surface area contributed by atoms with E-state index in [9.17, 15) is 4.79 Å². The van der Waals surface area contributed by atoms with E-state index in [-0.39, 0.29) is 6.03 Å². The van der Waals surface area contributed by atoms with Gasteiger partial charge >= 0.3 is 6.03 Å². The molecule has 1 N–H and O–H groups in total. The monoisotopic (exact) mass is 314 g/mol. The minimum atomic E-state index is -0.0582. The van der Waals surface area contributed by atoms with Gasteiger partial charge in [0.15, 0.2) is 0 Å². The molecule has 2 heterocycles. The molecule has 2 aromatic rings. The van der Waals surface area contributed by atoms with Gasteiger partial charge in [0.1, 0.15) is 5.75 Å². The van der Waals surface area contributed by atoms with Crippen LogP contribution in [0.3, 0.4) is 0 Å². The zero-order valence-corrected chi connectivity index (χ0v) is 13.7. The second-order valence-corrected chi connectivity index (χ2v) is 5.94. The number of carbonyl (C=O) groups excluding carboxylic acids is 1. The van der Waals surface area contributed by atoms with Gasteiger partial charge in [0, 0.05) is 32.3 Å². The average Bonchev–Trinajstić information content (AvgIpc) is 3.15. The Labute approximate surface area is 136 Å². The van der Waals surface area contributed by atoms with Gasteiger partial charge in [0.25, 0.3) is 0 Å². The molecule has 3 rings (SSSR count). The first kappa shape index (κ1) is 15.4. The maximum absolute atomic E-state index is 12.4. The van der Waals surface area contributed by atoms with Crippen LogP contribution in [0.25, 0.3) is 0 Å². The molecule has 0 aliphatic carbocycles. The minimum absolute atomic E-state index is 0.0582. The molecule has 0 saturated carbocycles. The van der Waals surface area contributed by atoms with E-state index in [0.717, 1.165) is 36.6 Å². The smallest absolute Gasteiger partial charge is 0.321 e. The predicted molar refractivity (Wildman–Crippen MR) is 88.9 cm³/mol. The average molecular weight is 314 g/mol. The quantitative estimate of drug-likeness (QED) is 0.947. The topological polar surface area (TPSA) is 59.4 Å². The van der Waals surface area contributed by atoms with E-state index in [1.54, 1.807) is 11.8 Å². The molecule has 6 nitrogen and oxygen atoms in total. The Morgan fingerprint density at radius 3 is 2.70 bits per heavy atom. The van der Waals surface area contributed by atoms with Crippen molar-refractivity contribution in [3.05, 3.63) is 41.7 Å². The van der Waals surface area contributed by atoms with Gasteiger partial charge in [-0.3, -0.25) is 4.68 Å². The maximum Gasteiger partial charge on any atom is 0.321 e. The summed E-state index contributed by atoms with van der Waals surface area (Å²) in [4.78, 5) is 14.3. The van der Waals surface area contributed by atoms with E-state index < -0.39 is 0 Å². The van der Waals surface area contributed by atoms with E-state index >= 15 is 0 Å². The van der Waals surface area contributed by atoms with Crippen molar-refractivity contribution < 1.29 is 9.53 Å². The lowest BCUT2D eigenvalue weighted by Crippen LogP contribution is -2.32. The Morgan fingerprint density at radius 1 is 1.35 bits per heavy atom. The third-order valence-electron chi connectivity index (χ3n) is 4.32. The lowest BCUT2D eigenvalue weighted by molar-refractivity contribution is 0.222. The molecule has 0 spiro atoms. The van der Waals surface area contributed by atoms with Crippen molar-refractivity contribution in [1.82, 2.24) is 14.7 Å². The summed E-state index contributed by atoms with van der Waals surface area (Å²) in [6, 6.07) is 8.04.